The van der Waals surface area contributed by atoms with Crippen LogP contribution in [0.25, 0.3) is 11.0 Å². The molecule has 0 N–H and O–H groups in total. The molecule has 0 aliphatic heterocycles. The number of nitrogens with zero attached hydrogens (tertiary/aromatic N) is 2. The number of hydrogen-bond donors (Lipinski definition) is 0. The third-order valence-electron chi connectivity index (χ3n) is 1.96. The molecule has 0 atom stereocenters. The molecule has 4 nitrogen and oxygen atoms in total. The van der Waals surface area contributed by atoms with Crippen molar-refractivity contribution in [2.75, 3.05) is 6.61 Å². The molecule has 1 aromatic carbocycles. The van der Waals surface area contributed by atoms with Crippen molar-refractivity contribution in [2.24, 2.45) is 0 Å². The van der Waals surface area contributed by atoms with Gasteiger partial charge in [-0.2, -0.15) is 0 Å². The fourth-order valence-electron chi connectivity index (χ4n) is 1.32. The van der Waals surface area contributed by atoms with Gasteiger partial charge in [0, 0.05) is 0 Å². The summed E-state index contributed by atoms with van der Waals surface area (Å²) in [6.07, 6.45) is 0.657. The van der Waals surface area contributed by atoms with E-state index in [-0.39, 0.29) is 5.69 Å². The summed E-state index contributed by atoms with van der Waals surface area (Å²) in [7, 11) is 0. The van der Waals surface area contributed by atoms with Gasteiger partial charge in [0.1, 0.15) is 0 Å². The molecule has 2 aromatic rings. The van der Waals surface area contributed by atoms with Gasteiger partial charge in [-0.05, 0) is 19.1 Å². The number of carbonyl (C=O) groups is 1. The van der Waals surface area contributed by atoms with Crippen molar-refractivity contribution >= 4 is 17.3 Å². The van der Waals surface area contributed by atoms with Gasteiger partial charge in [0.25, 0.3) is 0 Å². The zero-order chi connectivity index (χ0) is 10.7. The predicted molar refractivity (Wildman–Crippen MR) is 56.1 cm³/mol. The Bertz CT molecular complexity index is 497. The van der Waals surface area contributed by atoms with Crippen LogP contribution < -0.4 is 4.74 Å². The number of aldehydes is 1. The molecule has 0 spiro atoms. The fourth-order valence-corrected chi connectivity index (χ4v) is 1.32. The van der Waals surface area contributed by atoms with Crippen molar-refractivity contribution in [3.05, 3.63) is 30.0 Å². The van der Waals surface area contributed by atoms with Crippen molar-refractivity contribution in [1.29, 1.82) is 0 Å². The topological polar surface area (TPSA) is 52.1 Å². The summed E-state index contributed by atoms with van der Waals surface area (Å²) in [4.78, 5) is 19.1. The van der Waals surface area contributed by atoms with Crippen LogP contribution in [0.4, 0.5) is 0 Å². The highest BCUT2D eigenvalue weighted by Crippen LogP contribution is 2.17. The second-order valence-electron chi connectivity index (χ2n) is 2.95. The second kappa shape index (κ2) is 4.04. The summed E-state index contributed by atoms with van der Waals surface area (Å²) in [6.45, 7) is 2.30. The van der Waals surface area contributed by atoms with E-state index in [1.807, 2.05) is 31.2 Å². The van der Waals surface area contributed by atoms with E-state index in [9.17, 15) is 4.79 Å². The molecule has 1 aromatic heterocycles. The SMILES string of the molecule is CCOc1nc2ccccc2nc1C=O. The molecule has 0 unspecified atom stereocenters. The molecule has 76 valence electrons. The summed E-state index contributed by atoms with van der Waals surface area (Å²) in [6, 6.07) is 7.36. The number of para-hydroxylation sites is 2. The Balaban J connectivity index is 2.63. The van der Waals surface area contributed by atoms with E-state index in [4.69, 9.17) is 4.74 Å². The van der Waals surface area contributed by atoms with Crippen molar-refractivity contribution in [3.63, 3.8) is 0 Å². The van der Waals surface area contributed by atoms with Gasteiger partial charge in [0.15, 0.2) is 12.0 Å². The first kappa shape index (κ1) is 9.58. The minimum absolute atomic E-state index is 0.246. The van der Waals surface area contributed by atoms with Gasteiger partial charge in [0.05, 0.1) is 17.6 Å². The van der Waals surface area contributed by atoms with Crippen LogP contribution in [0.3, 0.4) is 0 Å². The van der Waals surface area contributed by atoms with Crippen molar-refractivity contribution < 1.29 is 9.53 Å². The highest BCUT2D eigenvalue weighted by molar-refractivity contribution is 5.82. The van der Waals surface area contributed by atoms with Crippen LogP contribution in [0.5, 0.6) is 5.88 Å². The van der Waals surface area contributed by atoms with Crippen molar-refractivity contribution in [2.45, 2.75) is 6.92 Å². The molecule has 4 heteroatoms. The summed E-state index contributed by atoms with van der Waals surface area (Å²) in [5.41, 5.74) is 1.67. The lowest BCUT2D eigenvalue weighted by molar-refractivity contribution is 0.111. The first-order chi connectivity index (χ1) is 7.35. The number of benzene rings is 1. The Morgan fingerprint density at radius 2 is 1.93 bits per heavy atom. The average Bonchev–Trinajstić information content (AvgIpc) is 2.28. The normalized spacial score (nSPS) is 10.2. The monoisotopic (exact) mass is 202 g/mol. The van der Waals surface area contributed by atoms with Crippen LogP contribution in [0, 0.1) is 0 Å². The Hall–Kier alpha value is -1.97. The lowest BCUT2D eigenvalue weighted by atomic mass is 10.3. The van der Waals surface area contributed by atoms with Crippen LogP contribution in [0.1, 0.15) is 17.4 Å². The van der Waals surface area contributed by atoms with Gasteiger partial charge in [-0.15, -0.1) is 0 Å². The average molecular weight is 202 g/mol. The first-order valence-corrected chi connectivity index (χ1v) is 4.70. The fraction of sp³-hybridized carbons (Fsp3) is 0.182. The van der Waals surface area contributed by atoms with Gasteiger partial charge in [-0.3, -0.25) is 4.79 Å². The molecule has 0 aliphatic carbocycles. The summed E-state index contributed by atoms with van der Waals surface area (Å²) in [5, 5.41) is 0. The quantitative estimate of drug-likeness (QED) is 0.712. The van der Waals surface area contributed by atoms with Gasteiger partial charge < -0.3 is 4.74 Å². The maximum absolute atomic E-state index is 10.8. The molecule has 1 heterocycles. The van der Waals surface area contributed by atoms with E-state index in [0.29, 0.717) is 24.3 Å². The summed E-state index contributed by atoms with van der Waals surface area (Å²) < 4.78 is 5.23. The Labute approximate surface area is 86.9 Å². The van der Waals surface area contributed by atoms with E-state index in [0.717, 1.165) is 5.52 Å². The third-order valence-corrected chi connectivity index (χ3v) is 1.96. The van der Waals surface area contributed by atoms with E-state index in [2.05, 4.69) is 9.97 Å². The van der Waals surface area contributed by atoms with Gasteiger partial charge in [-0.1, -0.05) is 12.1 Å². The number of rotatable bonds is 3. The zero-order valence-corrected chi connectivity index (χ0v) is 8.30. The summed E-state index contributed by atoms with van der Waals surface area (Å²) >= 11 is 0. The minimum atomic E-state index is 0.246. The summed E-state index contributed by atoms with van der Waals surface area (Å²) in [5.74, 6) is 0.297. The number of aromatic nitrogens is 2. The Morgan fingerprint density at radius 3 is 2.53 bits per heavy atom. The zero-order valence-electron chi connectivity index (χ0n) is 8.30. The Morgan fingerprint density at radius 1 is 1.27 bits per heavy atom. The molecule has 0 fully saturated rings. The predicted octanol–water partition coefficient (Wildman–Crippen LogP) is 1.84. The molecule has 0 bridgehead atoms. The second-order valence-corrected chi connectivity index (χ2v) is 2.95. The van der Waals surface area contributed by atoms with Crippen LogP contribution in [0.2, 0.25) is 0 Å². The van der Waals surface area contributed by atoms with E-state index >= 15 is 0 Å². The standard InChI is InChI=1S/C11H10N2O2/c1-2-15-11-10(7-14)12-8-5-3-4-6-9(8)13-11/h3-7H,2H2,1H3. The van der Waals surface area contributed by atoms with Crippen molar-refractivity contribution in [3.8, 4) is 5.88 Å². The molecule has 0 aliphatic rings. The third kappa shape index (κ3) is 1.79. The van der Waals surface area contributed by atoms with E-state index in [1.54, 1.807) is 0 Å². The number of fused-ring (bicyclic) bond motifs is 1. The molecule has 0 saturated heterocycles. The molecule has 0 radical (unpaired) electrons. The maximum Gasteiger partial charge on any atom is 0.244 e. The van der Waals surface area contributed by atoms with E-state index in [1.165, 1.54) is 0 Å². The van der Waals surface area contributed by atoms with Crippen LogP contribution in [-0.2, 0) is 0 Å². The molecule has 2 rings (SSSR count). The number of hydrogen-bond acceptors (Lipinski definition) is 4. The molecular weight excluding hydrogens is 192 g/mol. The minimum Gasteiger partial charge on any atom is -0.476 e. The van der Waals surface area contributed by atoms with E-state index < -0.39 is 0 Å². The van der Waals surface area contributed by atoms with Gasteiger partial charge in [-0.25, -0.2) is 9.97 Å². The first-order valence-electron chi connectivity index (χ1n) is 4.70. The maximum atomic E-state index is 10.8. The highest BCUT2D eigenvalue weighted by Gasteiger charge is 2.07. The molecular formula is C11H10N2O2. The number of carbonyl (C=O) groups excluding carboxylic acids is 1. The molecule has 0 saturated carbocycles. The highest BCUT2D eigenvalue weighted by atomic mass is 16.5. The van der Waals surface area contributed by atoms with Crippen LogP contribution in [0.15, 0.2) is 24.3 Å². The van der Waals surface area contributed by atoms with Crippen LogP contribution in [-0.4, -0.2) is 22.9 Å². The Kier molecular flexibility index (Phi) is 2.58. The lowest BCUT2D eigenvalue weighted by Gasteiger charge is -2.05. The number of ether oxygens (including phenoxy) is 1. The van der Waals surface area contributed by atoms with Crippen LogP contribution >= 0.6 is 0 Å². The molecule has 15 heavy (non-hydrogen) atoms. The van der Waals surface area contributed by atoms with Gasteiger partial charge in [0.2, 0.25) is 5.88 Å². The molecule has 0 amide bonds. The van der Waals surface area contributed by atoms with Crippen molar-refractivity contribution in [1.82, 2.24) is 9.97 Å². The smallest absolute Gasteiger partial charge is 0.244 e. The van der Waals surface area contributed by atoms with Gasteiger partial charge >= 0.3 is 0 Å². The largest absolute Gasteiger partial charge is 0.476 e. The lowest BCUT2D eigenvalue weighted by Crippen LogP contribution is -2.01.